The van der Waals surface area contributed by atoms with Gasteiger partial charge in [-0.2, -0.15) is 18.4 Å². The predicted octanol–water partition coefficient (Wildman–Crippen LogP) is 6.00. The summed E-state index contributed by atoms with van der Waals surface area (Å²) in [6.07, 6.45) is -3.21. The van der Waals surface area contributed by atoms with E-state index in [1.54, 1.807) is 43.3 Å². The smallest absolute Gasteiger partial charge is 0.418 e. The average molecular weight is 539 g/mol. The second-order valence-corrected chi connectivity index (χ2v) is 9.15. The molecule has 0 unspecified atom stereocenters. The second-order valence-electron chi connectivity index (χ2n) is 8.17. The lowest BCUT2D eigenvalue weighted by atomic mass is 9.85. The highest BCUT2D eigenvalue weighted by Crippen LogP contribution is 2.41. The van der Waals surface area contributed by atoms with E-state index in [1.807, 2.05) is 6.07 Å². The third-order valence-electron chi connectivity index (χ3n) is 5.61. The molecular weight excluding hydrogens is 517 g/mol. The normalized spacial score (nSPS) is 15.5. The SMILES string of the molecule is CC1=C(C(=O)Nc2ccccc2)[C@@H](c2ccco2)C(C#N)=C(SCC(=O)Nc2ccccc2C(F)(F)F)N1. The first-order chi connectivity index (χ1) is 18.2. The molecule has 1 atom stereocenters. The zero-order chi connectivity index (χ0) is 27.3. The molecule has 0 radical (unpaired) electrons. The monoisotopic (exact) mass is 538 g/mol. The fourth-order valence-electron chi connectivity index (χ4n) is 3.95. The van der Waals surface area contributed by atoms with Gasteiger partial charge in [-0.15, -0.1) is 0 Å². The van der Waals surface area contributed by atoms with Gasteiger partial charge in [0.15, 0.2) is 0 Å². The Morgan fingerprint density at radius 2 is 1.76 bits per heavy atom. The first kappa shape index (κ1) is 26.6. The van der Waals surface area contributed by atoms with Crippen molar-refractivity contribution in [2.75, 3.05) is 16.4 Å². The van der Waals surface area contributed by atoms with E-state index >= 15 is 0 Å². The first-order valence-corrected chi connectivity index (χ1v) is 12.3. The number of nitrogens with one attached hydrogen (secondary N) is 3. The molecule has 0 bridgehead atoms. The van der Waals surface area contributed by atoms with E-state index in [-0.39, 0.29) is 22.6 Å². The Labute approximate surface area is 220 Å². The number of hydrogen-bond donors (Lipinski definition) is 3. The highest BCUT2D eigenvalue weighted by atomic mass is 32.2. The van der Waals surface area contributed by atoms with Crippen LogP contribution in [0.15, 0.2) is 99.3 Å². The summed E-state index contributed by atoms with van der Waals surface area (Å²) in [5, 5.41) is 18.5. The fraction of sp³-hybridized carbons (Fsp3) is 0.148. The van der Waals surface area contributed by atoms with Gasteiger partial charge in [0.2, 0.25) is 5.91 Å². The lowest BCUT2D eigenvalue weighted by Gasteiger charge is -2.28. The van der Waals surface area contributed by atoms with Gasteiger partial charge in [-0.25, -0.2) is 0 Å². The number of hydrogen-bond acceptors (Lipinski definition) is 6. The molecule has 0 saturated heterocycles. The third-order valence-corrected chi connectivity index (χ3v) is 6.62. The van der Waals surface area contributed by atoms with Crippen LogP contribution in [0.5, 0.6) is 0 Å². The van der Waals surface area contributed by atoms with Crippen LogP contribution in [-0.2, 0) is 15.8 Å². The lowest BCUT2D eigenvalue weighted by molar-refractivity contribution is -0.137. The number of rotatable bonds is 7. The maximum absolute atomic E-state index is 13.3. The van der Waals surface area contributed by atoms with E-state index in [9.17, 15) is 28.0 Å². The number of para-hydroxylation sites is 2. The summed E-state index contributed by atoms with van der Waals surface area (Å²) in [6, 6.07) is 18.9. The summed E-state index contributed by atoms with van der Waals surface area (Å²) in [4.78, 5) is 25.9. The summed E-state index contributed by atoms with van der Waals surface area (Å²) in [6.45, 7) is 1.66. The molecule has 4 rings (SSSR count). The number of dihydropyridines is 1. The minimum absolute atomic E-state index is 0.136. The highest BCUT2D eigenvalue weighted by Gasteiger charge is 2.37. The van der Waals surface area contributed by atoms with Crippen LogP contribution in [0.1, 0.15) is 24.2 Å². The van der Waals surface area contributed by atoms with Crippen LogP contribution >= 0.6 is 11.8 Å². The van der Waals surface area contributed by atoms with E-state index in [0.29, 0.717) is 22.2 Å². The standard InChI is InChI=1S/C27H21F3N4O3S/c1-16-23(25(36)33-17-8-3-2-4-9-17)24(21-12-7-13-37-21)18(14-31)26(32-16)38-15-22(35)34-20-11-6-5-10-19(20)27(28,29)30/h2-13,24,32H,15H2,1H3,(H,33,36)(H,34,35)/t24-/m1/s1. The minimum atomic E-state index is -4.63. The molecule has 2 aromatic carbocycles. The molecule has 1 aliphatic heterocycles. The van der Waals surface area contributed by atoms with Crippen molar-refractivity contribution < 1.29 is 27.2 Å². The summed E-state index contributed by atoms with van der Waals surface area (Å²) in [5.74, 6) is -1.94. The Balaban J connectivity index is 1.57. The molecule has 1 aromatic heterocycles. The molecular formula is C27H21F3N4O3S. The maximum atomic E-state index is 13.3. The van der Waals surface area contributed by atoms with Gasteiger partial charge in [-0.1, -0.05) is 42.1 Å². The number of carbonyl (C=O) groups excluding carboxylic acids is 2. The number of nitriles is 1. The average Bonchev–Trinajstić information content (AvgIpc) is 3.42. The van der Waals surface area contributed by atoms with E-state index < -0.39 is 29.5 Å². The molecule has 2 amide bonds. The number of halogens is 3. The van der Waals surface area contributed by atoms with Gasteiger partial charge in [0.25, 0.3) is 5.91 Å². The molecule has 3 aromatic rings. The number of benzene rings is 2. The topological polar surface area (TPSA) is 107 Å². The summed E-state index contributed by atoms with van der Waals surface area (Å²) in [7, 11) is 0. The van der Waals surface area contributed by atoms with Crippen molar-refractivity contribution in [2.45, 2.75) is 19.0 Å². The van der Waals surface area contributed by atoms with Gasteiger partial charge in [0.05, 0.1) is 51.4 Å². The second kappa shape index (κ2) is 11.3. The Morgan fingerprint density at radius 1 is 1.05 bits per heavy atom. The van der Waals surface area contributed by atoms with Crippen molar-refractivity contribution in [3.8, 4) is 6.07 Å². The van der Waals surface area contributed by atoms with Crippen LogP contribution in [0.25, 0.3) is 0 Å². The van der Waals surface area contributed by atoms with Crippen LogP contribution in [0.4, 0.5) is 24.5 Å². The van der Waals surface area contributed by atoms with Crippen molar-refractivity contribution in [1.82, 2.24) is 5.32 Å². The fourth-order valence-corrected chi connectivity index (χ4v) is 4.84. The zero-order valence-corrected chi connectivity index (χ0v) is 20.7. The Bertz CT molecular complexity index is 1440. The van der Waals surface area contributed by atoms with Gasteiger partial charge >= 0.3 is 6.18 Å². The highest BCUT2D eigenvalue weighted by molar-refractivity contribution is 8.03. The largest absolute Gasteiger partial charge is 0.468 e. The molecule has 194 valence electrons. The van der Waals surface area contributed by atoms with Crippen LogP contribution in [-0.4, -0.2) is 17.6 Å². The number of furan rings is 1. The minimum Gasteiger partial charge on any atom is -0.468 e. The van der Waals surface area contributed by atoms with Crippen molar-refractivity contribution in [2.24, 2.45) is 0 Å². The zero-order valence-electron chi connectivity index (χ0n) is 19.9. The number of carbonyl (C=O) groups is 2. The number of allylic oxidation sites excluding steroid dienone is 2. The van der Waals surface area contributed by atoms with Crippen LogP contribution < -0.4 is 16.0 Å². The maximum Gasteiger partial charge on any atom is 0.418 e. The van der Waals surface area contributed by atoms with Crippen molar-refractivity contribution in [3.63, 3.8) is 0 Å². The molecule has 0 saturated carbocycles. The number of alkyl halides is 3. The molecule has 0 spiro atoms. The summed E-state index contributed by atoms with van der Waals surface area (Å²) in [5.41, 5.74) is 0.0713. The lowest BCUT2D eigenvalue weighted by Crippen LogP contribution is -2.31. The summed E-state index contributed by atoms with van der Waals surface area (Å²) >= 11 is 0.938. The van der Waals surface area contributed by atoms with E-state index in [0.717, 1.165) is 17.8 Å². The molecule has 0 aliphatic carbocycles. The molecule has 3 N–H and O–H groups in total. The van der Waals surface area contributed by atoms with E-state index in [1.165, 1.54) is 24.5 Å². The quantitative estimate of drug-likeness (QED) is 0.340. The van der Waals surface area contributed by atoms with E-state index in [2.05, 4.69) is 22.0 Å². The molecule has 2 heterocycles. The summed E-state index contributed by atoms with van der Waals surface area (Å²) < 4.78 is 45.4. The van der Waals surface area contributed by atoms with Gasteiger partial charge < -0.3 is 20.4 Å². The Kier molecular flexibility index (Phi) is 7.93. The van der Waals surface area contributed by atoms with Gasteiger partial charge in [0.1, 0.15) is 5.76 Å². The third kappa shape index (κ3) is 5.92. The number of thioether (sulfide) groups is 1. The first-order valence-electron chi connectivity index (χ1n) is 11.3. The molecule has 1 aliphatic rings. The molecule has 7 nitrogen and oxygen atoms in total. The Hall–Kier alpha value is -4.43. The van der Waals surface area contributed by atoms with Gasteiger partial charge in [0, 0.05) is 11.4 Å². The van der Waals surface area contributed by atoms with Gasteiger partial charge in [-0.05, 0) is 43.3 Å². The Morgan fingerprint density at radius 3 is 2.42 bits per heavy atom. The molecule has 38 heavy (non-hydrogen) atoms. The van der Waals surface area contributed by atoms with Crippen molar-refractivity contribution in [3.05, 3.63) is 106 Å². The number of nitrogens with zero attached hydrogens (tertiary/aromatic N) is 1. The van der Waals surface area contributed by atoms with Gasteiger partial charge in [-0.3, -0.25) is 9.59 Å². The predicted molar refractivity (Wildman–Crippen MR) is 138 cm³/mol. The van der Waals surface area contributed by atoms with Crippen LogP contribution in [0, 0.1) is 11.3 Å². The number of anilines is 2. The van der Waals surface area contributed by atoms with Crippen molar-refractivity contribution in [1.29, 1.82) is 5.26 Å². The van der Waals surface area contributed by atoms with Crippen molar-refractivity contribution >= 4 is 35.0 Å². The number of amides is 2. The molecule has 11 heteroatoms. The van der Waals surface area contributed by atoms with Crippen LogP contribution in [0.3, 0.4) is 0 Å². The van der Waals surface area contributed by atoms with Crippen LogP contribution in [0.2, 0.25) is 0 Å². The molecule has 0 fully saturated rings. The van der Waals surface area contributed by atoms with E-state index in [4.69, 9.17) is 4.42 Å².